The van der Waals surface area contributed by atoms with E-state index < -0.39 is 11.4 Å². The first-order chi connectivity index (χ1) is 20.2. The molecule has 220 valence electrons. The number of nitrogens with zero attached hydrogens (tertiary/aromatic N) is 4. The molecule has 3 fully saturated rings. The van der Waals surface area contributed by atoms with Gasteiger partial charge in [-0.05, 0) is 93.6 Å². The number of hydrogen-bond acceptors (Lipinski definition) is 7. The number of rotatable bonds is 5. The van der Waals surface area contributed by atoms with E-state index in [4.69, 9.17) is 14.7 Å². The summed E-state index contributed by atoms with van der Waals surface area (Å²) < 4.78 is 23.1. The second-order valence-corrected chi connectivity index (χ2v) is 13.0. The Bertz CT molecular complexity index is 1660. The van der Waals surface area contributed by atoms with Gasteiger partial charge in [-0.15, -0.1) is 0 Å². The van der Waals surface area contributed by atoms with Gasteiger partial charge in [0.25, 0.3) is 0 Å². The van der Waals surface area contributed by atoms with E-state index in [0.717, 1.165) is 43.0 Å². The second-order valence-electron chi connectivity index (χ2n) is 13.0. The number of hydrogen-bond donors (Lipinski definition) is 2. The summed E-state index contributed by atoms with van der Waals surface area (Å²) in [7, 11) is 2.21. The average Bonchev–Trinajstić information content (AvgIpc) is 3.41. The van der Waals surface area contributed by atoms with Crippen molar-refractivity contribution in [1.29, 1.82) is 0 Å². The topological polar surface area (TPSA) is 82.0 Å². The highest BCUT2D eigenvalue weighted by molar-refractivity contribution is 6.01. The molecule has 3 heterocycles. The second kappa shape index (κ2) is 10.3. The number of aliphatic hydroxyl groups is 1. The minimum atomic E-state index is -0.863. The molecule has 3 unspecified atom stereocenters. The zero-order chi connectivity index (χ0) is 29.1. The zero-order valence-corrected chi connectivity index (χ0v) is 24.4. The Kier molecular flexibility index (Phi) is 6.74. The van der Waals surface area contributed by atoms with E-state index in [-0.39, 0.29) is 22.7 Å². The number of benzene rings is 3. The maximum absolute atomic E-state index is 16.7. The number of anilines is 1. The predicted octanol–water partition coefficient (Wildman–Crippen LogP) is 6.29. The monoisotopic (exact) mass is 570 g/mol. The van der Waals surface area contributed by atoms with E-state index in [1.54, 1.807) is 18.2 Å². The molecule has 1 aliphatic carbocycles. The Hall–Kier alpha value is -3.49. The molecule has 2 N–H and O–H groups in total. The Morgan fingerprint density at radius 1 is 0.976 bits per heavy atom. The van der Waals surface area contributed by atoms with Gasteiger partial charge in [0.2, 0.25) is 0 Å². The number of aromatic nitrogens is 2. The fourth-order valence-corrected chi connectivity index (χ4v) is 7.94. The van der Waals surface area contributed by atoms with Crippen LogP contribution in [-0.4, -0.2) is 70.0 Å². The van der Waals surface area contributed by atoms with Gasteiger partial charge >= 0.3 is 6.01 Å². The molecule has 8 heteroatoms. The maximum Gasteiger partial charge on any atom is 0.319 e. The van der Waals surface area contributed by atoms with Crippen molar-refractivity contribution >= 4 is 27.5 Å². The first-order valence-corrected chi connectivity index (χ1v) is 15.3. The maximum atomic E-state index is 16.7. The van der Waals surface area contributed by atoms with E-state index in [1.807, 2.05) is 42.2 Å². The first-order valence-electron chi connectivity index (χ1n) is 15.3. The lowest BCUT2D eigenvalue weighted by molar-refractivity contribution is 0.0132. The predicted molar refractivity (Wildman–Crippen MR) is 164 cm³/mol. The number of β-amino-alcohol motifs (C(OH)–C–C–N with tert-alkyl or cyclic N) is 1. The van der Waals surface area contributed by atoms with Crippen LogP contribution in [-0.2, 0) is 0 Å². The van der Waals surface area contributed by atoms with Crippen LogP contribution in [0.5, 0.6) is 11.8 Å². The molecule has 2 saturated heterocycles. The Labute approximate surface area is 245 Å². The fraction of sp³-hybridized carbons (Fsp3) is 0.471. The lowest BCUT2D eigenvalue weighted by Gasteiger charge is -2.44. The molecule has 0 radical (unpaired) electrons. The molecule has 4 aromatic rings. The lowest BCUT2D eigenvalue weighted by Crippen LogP contribution is -2.50. The van der Waals surface area contributed by atoms with Crippen LogP contribution in [0.4, 0.5) is 10.2 Å². The summed E-state index contributed by atoms with van der Waals surface area (Å²) in [5.41, 5.74) is 0.344. The number of aromatic hydroxyl groups is 1. The summed E-state index contributed by atoms with van der Waals surface area (Å²) in [6.07, 6.45) is 7.22. The molecule has 3 atom stereocenters. The molecular weight excluding hydrogens is 531 g/mol. The van der Waals surface area contributed by atoms with Gasteiger partial charge in [0.15, 0.2) is 5.82 Å². The summed E-state index contributed by atoms with van der Waals surface area (Å²) in [6.45, 7) is 4.55. The summed E-state index contributed by atoms with van der Waals surface area (Å²) in [6, 6.07) is 15.2. The van der Waals surface area contributed by atoms with Gasteiger partial charge in [0.05, 0.1) is 12.2 Å². The van der Waals surface area contributed by atoms with Crippen molar-refractivity contribution < 1.29 is 19.3 Å². The van der Waals surface area contributed by atoms with Gasteiger partial charge in [-0.2, -0.15) is 9.97 Å². The molecule has 2 aliphatic heterocycles. The molecule has 7 nitrogen and oxygen atoms in total. The van der Waals surface area contributed by atoms with Gasteiger partial charge in [-0.3, -0.25) is 0 Å². The fourth-order valence-electron chi connectivity index (χ4n) is 7.94. The van der Waals surface area contributed by atoms with Crippen LogP contribution in [0, 0.1) is 11.2 Å². The van der Waals surface area contributed by atoms with Crippen molar-refractivity contribution in [3.8, 4) is 22.9 Å². The SMILES string of the molecule is CN1CCCC2(COc3nc(N4CCCC(C)(O)C4)c4ccc(-c5cc(O)cc6ccccc56)c(F)c4n3)CCCC12. The van der Waals surface area contributed by atoms with Crippen LogP contribution >= 0.6 is 0 Å². The van der Waals surface area contributed by atoms with Crippen LogP contribution < -0.4 is 9.64 Å². The van der Waals surface area contributed by atoms with Crippen molar-refractivity contribution in [2.24, 2.45) is 5.41 Å². The van der Waals surface area contributed by atoms with Crippen LogP contribution in [0.1, 0.15) is 51.9 Å². The van der Waals surface area contributed by atoms with E-state index in [0.29, 0.717) is 54.5 Å². The molecule has 1 saturated carbocycles. The highest BCUT2D eigenvalue weighted by Gasteiger charge is 2.47. The minimum absolute atomic E-state index is 0.0567. The van der Waals surface area contributed by atoms with Crippen LogP contribution in [0.3, 0.4) is 0 Å². The average molecular weight is 571 g/mol. The van der Waals surface area contributed by atoms with Gasteiger partial charge in [0.1, 0.15) is 17.1 Å². The van der Waals surface area contributed by atoms with E-state index >= 15 is 4.39 Å². The number of piperidine rings is 2. The van der Waals surface area contributed by atoms with Crippen molar-refractivity contribution in [2.45, 2.75) is 63.5 Å². The summed E-state index contributed by atoms with van der Waals surface area (Å²) in [5, 5.41) is 23.6. The Morgan fingerprint density at radius 3 is 2.64 bits per heavy atom. The molecule has 3 aromatic carbocycles. The number of phenolic OH excluding ortho intramolecular Hbond substituents is 1. The normalized spacial score (nSPS) is 26.6. The molecule has 42 heavy (non-hydrogen) atoms. The van der Waals surface area contributed by atoms with Crippen molar-refractivity contribution in [1.82, 2.24) is 14.9 Å². The molecule has 0 spiro atoms. The summed E-state index contributed by atoms with van der Waals surface area (Å²) in [4.78, 5) is 14.1. The number of fused-ring (bicyclic) bond motifs is 3. The molecule has 0 bridgehead atoms. The summed E-state index contributed by atoms with van der Waals surface area (Å²) >= 11 is 0. The van der Waals surface area contributed by atoms with Crippen LogP contribution in [0.25, 0.3) is 32.8 Å². The van der Waals surface area contributed by atoms with E-state index in [2.05, 4.69) is 11.9 Å². The first kappa shape index (κ1) is 27.3. The zero-order valence-electron chi connectivity index (χ0n) is 24.4. The smallest absolute Gasteiger partial charge is 0.319 e. The third-order valence-corrected chi connectivity index (χ3v) is 9.94. The lowest BCUT2D eigenvalue weighted by atomic mass is 9.76. The van der Waals surface area contributed by atoms with Crippen LogP contribution in [0.15, 0.2) is 48.5 Å². The van der Waals surface area contributed by atoms with E-state index in [1.165, 1.54) is 12.8 Å². The van der Waals surface area contributed by atoms with Gasteiger partial charge in [0, 0.05) is 35.5 Å². The molecule has 0 amide bonds. The third-order valence-electron chi connectivity index (χ3n) is 9.94. The van der Waals surface area contributed by atoms with Gasteiger partial charge < -0.3 is 24.7 Å². The number of likely N-dealkylation sites (tertiary alicyclic amines) is 1. The van der Waals surface area contributed by atoms with Crippen LogP contribution in [0.2, 0.25) is 0 Å². The highest BCUT2D eigenvalue weighted by atomic mass is 19.1. The molecule has 1 aromatic heterocycles. The number of ether oxygens (including phenoxy) is 1. The molecule has 7 rings (SSSR count). The minimum Gasteiger partial charge on any atom is -0.508 e. The molecular formula is C34H39FN4O3. The Balaban J connectivity index is 1.34. The standard InChI is InChI=1S/C34H39FN4O3/c1-33(41)13-6-17-39(20-33)31-26-12-11-25(27-19-23(40)18-22-8-3-4-9-24(22)27)29(35)30(26)36-32(37-31)42-21-34-14-5-10-28(34)38(2)16-7-15-34/h3-4,8-9,11-12,18-19,28,40-41H,5-7,10,13-17,20-21H2,1-2H3. The quantitative estimate of drug-likeness (QED) is 0.292. The number of halogens is 1. The molecule has 3 aliphatic rings. The van der Waals surface area contributed by atoms with Gasteiger partial charge in [-0.1, -0.05) is 36.8 Å². The number of phenols is 1. The Morgan fingerprint density at radius 2 is 1.79 bits per heavy atom. The van der Waals surface area contributed by atoms with E-state index in [9.17, 15) is 10.2 Å². The largest absolute Gasteiger partial charge is 0.508 e. The highest BCUT2D eigenvalue weighted by Crippen LogP contribution is 2.47. The van der Waals surface area contributed by atoms with Crippen molar-refractivity contribution in [2.75, 3.05) is 38.2 Å². The van der Waals surface area contributed by atoms with Crippen molar-refractivity contribution in [3.63, 3.8) is 0 Å². The van der Waals surface area contributed by atoms with Crippen molar-refractivity contribution in [3.05, 3.63) is 54.3 Å². The summed E-state index contributed by atoms with van der Waals surface area (Å²) in [5.74, 6) is 0.186. The third kappa shape index (κ3) is 4.74. The van der Waals surface area contributed by atoms with Gasteiger partial charge in [-0.25, -0.2) is 4.39 Å².